The summed E-state index contributed by atoms with van der Waals surface area (Å²) in [7, 11) is 0. The summed E-state index contributed by atoms with van der Waals surface area (Å²) >= 11 is 0. The minimum Gasteiger partial charge on any atom is -0.493 e. The van der Waals surface area contributed by atoms with Gasteiger partial charge in [-0.15, -0.1) is 0 Å². The third-order valence-corrected chi connectivity index (χ3v) is 7.97. The fourth-order valence-electron chi connectivity index (χ4n) is 6.13. The van der Waals surface area contributed by atoms with Crippen molar-refractivity contribution in [2.24, 2.45) is 17.1 Å². The standard InChI is InChI=1S/C29H47N3O4/c1-5-7-14-31(15-8-13-30)26(33)20-32-19-23(21-9-10-25-22(17-21)11-16-36-25)27(28(34)35)24(32)18-29(3,4)12-6-2/h9-10,17,23-24,27H,5-8,11-16,18-20,30H2,1-4H3,(H,34,35)/t23-,24+,27-/m1/s1. The fraction of sp³-hybridized carbons (Fsp3) is 0.724. The molecule has 1 aromatic carbocycles. The molecule has 3 N–H and O–H groups in total. The van der Waals surface area contributed by atoms with Gasteiger partial charge in [-0.3, -0.25) is 14.5 Å². The largest absolute Gasteiger partial charge is 0.493 e. The molecule has 1 aromatic rings. The van der Waals surface area contributed by atoms with Crippen molar-refractivity contribution in [2.75, 3.05) is 39.3 Å². The lowest BCUT2D eigenvalue weighted by molar-refractivity contribution is -0.144. The summed E-state index contributed by atoms with van der Waals surface area (Å²) in [5.74, 6) is -0.487. The number of unbranched alkanes of at least 4 members (excludes halogenated alkanes) is 1. The average molecular weight is 502 g/mol. The molecule has 36 heavy (non-hydrogen) atoms. The van der Waals surface area contributed by atoms with Gasteiger partial charge in [-0.25, -0.2) is 0 Å². The number of amides is 1. The molecular formula is C29H47N3O4. The van der Waals surface area contributed by atoms with Crippen LogP contribution in [-0.2, 0) is 16.0 Å². The van der Waals surface area contributed by atoms with Crippen LogP contribution in [0.4, 0.5) is 0 Å². The van der Waals surface area contributed by atoms with Crippen LogP contribution in [0.5, 0.6) is 5.75 Å². The summed E-state index contributed by atoms with van der Waals surface area (Å²) in [6.07, 6.45) is 6.45. The molecule has 0 aliphatic carbocycles. The van der Waals surface area contributed by atoms with Crippen molar-refractivity contribution in [3.8, 4) is 5.75 Å². The van der Waals surface area contributed by atoms with E-state index in [1.165, 1.54) is 0 Å². The lowest BCUT2D eigenvalue weighted by Crippen LogP contribution is -2.46. The number of ether oxygens (including phenoxy) is 1. The number of benzene rings is 1. The van der Waals surface area contributed by atoms with E-state index >= 15 is 0 Å². The molecule has 0 aromatic heterocycles. The number of carboxylic acid groups (broad SMARTS) is 1. The van der Waals surface area contributed by atoms with Crippen LogP contribution in [0.3, 0.4) is 0 Å². The second-order valence-corrected chi connectivity index (χ2v) is 11.4. The highest BCUT2D eigenvalue weighted by atomic mass is 16.5. The van der Waals surface area contributed by atoms with E-state index in [4.69, 9.17) is 10.5 Å². The van der Waals surface area contributed by atoms with E-state index in [9.17, 15) is 14.7 Å². The number of fused-ring (bicyclic) bond motifs is 1. The molecule has 0 saturated carbocycles. The summed E-state index contributed by atoms with van der Waals surface area (Å²) in [6.45, 7) is 12.2. The van der Waals surface area contributed by atoms with Crippen LogP contribution in [-0.4, -0.2) is 72.2 Å². The Labute approximate surface area is 217 Å². The number of rotatable bonds is 14. The number of carboxylic acids is 1. The molecule has 7 nitrogen and oxygen atoms in total. The Kier molecular flexibility index (Phi) is 10.2. The molecule has 2 aliphatic heterocycles. The molecule has 3 atom stereocenters. The predicted molar refractivity (Wildman–Crippen MR) is 143 cm³/mol. The van der Waals surface area contributed by atoms with Crippen LogP contribution in [0.1, 0.15) is 83.3 Å². The molecule has 7 heteroatoms. The average Bonchev–Trinajstić information content (AvgIpc) is 3.43. The van der Waals surface area contributed by atoms with Crippen molar-refractivity contribution in [2.45, 2.75) is 84.6 Å². The van der Waals surface area contributed by atoms with Crippen LogP contribution in [0.2, 0.25) is 0 Å². The Hall–Kier alpha value is -2.12. The number of nitrogens with zero attached hydrogens (tertiary/aromatic N) is 2. The molecule has 0 radical (unpaired) electrons. The van der Waals surface area contributed by atoms with Crippen molar-refractivity contribution in [3.05, 3.63) is 29.3 Å². The van der Waals surface area contributed by atoms with Gasteiger partial charge in [0, 0.05) is 38.0 Å². The van der Waals surface area contributed by atoms with Crippen molar-refractivity contribution in [1.29, 1.82) is 0 Å². The quantitative estimate of drug-likeness (QED) is 0.395. The van der Waals surface area contributed by atoms with Crippen molar-refractivity contribution in [1.82, 2.24) is 9.80 Å². The molecule has 2 heterocycles. The summed E-state index contributed by atoms with van der Waals surface area (Å²) in [4.78, 5) is 30.4. The summed E-state index contributed by atoms with van der Waals surface area (Å²) < 4.78 is 5.68. The van der Waals surface area contributed by atoms with Crippen molar-refractivity contribution in [3.63, 3.8) is 0 Å². The summed E-state index contributed by atoms with van der Waals surface area (Å²) in [6, 6.07) is 5.96. The van der Waals surface area contributed by atoms with E-state index in [1.54, 1.807) is 0 Å². The minimum absolute atomic E-state index is 0.00345. The van der Waals surface area contributed by atoms with Gasteiger partial charge < -0.3 is 20.5 Å². The normalized spacial score (nSPS) is 21.9. The molecule has 2 aliphatic rings. The van der Waals surface area contributed by atoms with Crippen LogP contribution in [0.15, 0.2) is 18.2 Å². The molecule has 0 unspecified atom stereocenters. The highest BCUT2D eigenvalue weighted by molar-refractivity contribution is 5.79. The Bertz CT molecular complexity index is 879. The first-order valence-electron chi connectivity index (χ1n) is 13.9. The SMILES string of the molecule is CCCCN(CCCN)C(=O)CN1C[C@H](c2ccc3c(c2)CCO3)[C@@H](C(=O)O)[C@@H]1CC(C)(C)CCC. The molecule has 202 valence electrons. The first kappa shape index (κ1) is 28.5. The second-order valence-electron chi connectivity index (χ2n) is 11.4. The number of carbonyl (C=O) groups excluding carboxylic acids is 1. The number of hydrogen-bond acceptors (Lipinski definition) is 5. The van der Waals surface area contributed by atoms with E-state index in [0.717, 1.165) is 68.4 Å². The first-order valence-corrected chi connectivity index (χ1v) is 13.9. The number of carbonyl (C=O) groups is 2. The number of likely N-dealkylation sites (tertiary alicyclic amines) is 1. The maximum absolute atomic E-state index is 13.5. The zero-order chi connectivity index (χ0) is 26.3. The molecule has 0 bridgehead atoms. The lowest BCUT2D eigenvalue weighted by Gasteiger charge is -2.35. The van der Waals surface area contributed by atoms with E-state index in [2.05, 4.69) is 38.7 Å². The molecule has 1 amide bonds. The number of aliphatic carboxylic acids is 1. The van der Waals surface area contributed by atoms with Gasteiger partial charge in [0.25, 0.3) is 0 Å². The van der Waals surface area contributed by atoms with Crippen molar-refractivity contribution < 1.29 is 19.4 Å². The molecular weight excluding hydrogens is 454 g/mol. The van der Waals surface area contributed by atoms with Gasteiger partial charge in [0.15, 0.2) is 0 Å². The summed E-state index contributed by atoms with van der Waals surface area (Å²) in [5, 5.41) is 10.5. The van der Waals surface area contributed by atoms with E-state index in [0.29, 0.717) is 26.2 Å². The van der Waals surface area contributed by atoms with Crippen LogP contribution in [0, 0.1) is 11.3 Å². The van der Waals surface area contributed by atoms with Gasteiger partial charge >= 0.3 is 5.97 Å². The van der Waals surface area contributed by atoms with E-state index < -0.39 is 11.9 Å². The Morgan fingerprint density at radius 3 is 2.61 bits per heavy atom. The lowest BCUT2D eigenvalue weighted by atomic mass is 9.76. The summed E-state index contributed by atoms with van der Waals surface area (Å²) in [5.41, 5.74) is 7.94. The Balaban J connectivity index is 1.90. The number of hydrogen-bond donors (Lipinski definition) is 2. The minimum atomic E-state index is -0.769. The smallest absolute Gasteiger partial charge is 0.308 e. The van der Waals surface area contributed by atoms with Crippen LogP contribution >= 0.6 is 0 Å². The van der Waals surface area contributed by atoms with Crippen molar-refractivity contribution >= 4 is 11.9 Å². The van der Waals surface area contributed by atoms with Gasteiger partial charge in [0.2, 0.25) is 5.91 Å². The third kappa shape index (κ3) is 7.00. The third-order valence-electron chi connectivity index (χ3n) is 7.97. The van der Waals surface area contributed by atoms with Gasteiger partial charge in [-0.05, 0) is 54.8 Å². The molecule has 3 rings (SSSR count). The second kappa shape index (κ2) is 12.9. The Morgan fingerprint density at radius 2 is 1.94 bits per heavy atom. The van der Waals surface area contributed by atoms with Crippen LogP contribution < -0.4 is 10.5 Å². The highest BCUT2D eigenvalue weighted by Crippen LogP contribution is 2.44. The van der Waals surface area contributed by atoms with Gasteiger partial charge in [-0.2, -0.15) is 0 Å². The predicted octanol–water partition coefficient (Wildman–Crippen LogP) is 4.28. The maximum Gasteiger partial charge on any atom is 0.308 e. The monoisotopic (exact) mass is 501 g/mol. The fourth-order valence-corrected chi connectivity index (χ4v) is 6.13. The van der Waals surface area contributed by atoms with Gasteiger partial charge in [0.1, 0.15) is 5.75 Å². The topological polar surface area (TPSA) is 96.1 Å². The zero-order valence-electron chi connectivity index (χ0n) is 22.8. The molecule has 1 fully saturated rings. The first-order chi connectivity index (χ1) is 17.2. The van der Waals surface area contributed by atoms with E-state index in [1.807, 2.05) is 17.0 Å². The van der Waals surface area contributed by atoms with E-state index in [-0.39, 0.29) is 29.8 Å². The molecule has 1 saturated heterocycles. The van der Waals surface area contributed by atoms with Gasteiger partial charge in [-0.1, -0.05) is 52.7 Å². The molecule has 0 spiro atoms. The Morgan fingerprint density at radius 1 is 1.19 bits per heavy atom. The highest BCUT2D eigenvalue weighted by Gasteiger charge is 2.48. The number of nitrogens with two attached hydrogens (primary N) is 1. The zero-order valence-corrected chi connectivity index (χ0v) is 22.8. The van der Waals surface area contributed by atoms with Crippen LogP contribution in [0.25, 0.3) is 0 Å². The maximum atomic E-state index is 13.5. The van der Waals surface area contributed by atoms with Gasteiger partial charge in [0.05, 0.1) is 19.1 Å².